The maximum atomic E-state index is 9.00. The number of hydrogen-bond donors (Lipinski definition) is 1. The molecule has 0 aromatic rings. The van der Waals surface area contributed by atoms with Crippen molar-refractivity contribution in [3.8, 4) is 6.07 Å². The van der Waals surface area contributed by atoms with Gasteiger partial charge < -0.3 is 10.2 Å². The molecule has 2 saturated heterocycles. The zero-order chi connectivity index (χ0) is 14.6. The lowest BCUT2D eigenvalue weighted by atomic mass is 9.82. The van der Waals surface area contributed by atoms with Gasteiger partial charge in [-0.2, -0.15) is 5.26 Å². The van der Waals surface area contributed by atoms with Crippen molar-refractivity contribution in [2.24, 2.45) is 5.41 Å². The highest BCUT2D eigenvalue weighted by Crippen LogP contribution is 2.32. The van der Waals surface area contributed by atoms with Crippen LogP contribution >= 0.6 is 0 Å². The summed E-state index contributed by atoms with van der Waals surface area (Å²) >= 11 is 0. The largest absolute Gasteiger partial charge is 0.314 e. The first-order chi connectivity index (χ1) is 9.52. The van der Waals surface area contributed by atoms with Gasteiger partial charge in [-0.25, -0.2) is 0 Å². The van der Waals surface area contributed by atoms with E-state index in [0.717, 1.165) is 37.5 Å². The maximum absolute atomic E-state index is 9.00. The van der Waals surface area contributed by atoms with Crippen molar-refractivity contribution in [3.63, 3.8) is 0 Å². The third kappa shape index (κ3) is 4.20. The average Bonchev–Trinajstić information content (AvgIpc) is 2.39. The molecule has 1 N–H and O–H groups in total. The Balaban J connectivity index is 1.62. The Morgan fingerprint density at radius 2 is 1.85 bits per heavy atom. The summed E-state index contributed by atoms with van der Waals surface area (Å²) in [5, 5.41) is 12.8. The van der Waals surface area contributed by atoms with Crippen molar-refractivity contribution in [2.45, 2.75) is 83.3 Å². The van der Waals surface area contributed by atoms with Gasteiger partial charge in [0.05, 0.1) is 11.5 Å². The molecular weight excluding hydrogens is 246 g/mol. The molecule has 3 nitrogen and oxygen atoms in total. The van der Waals surface area contributed by atoms with E-state index in [1.165, 1.54) is 38.5 Å². The SMILES string of the molecule is CN1C2CCCC1CC(NCCCCC(C)(C)C#N)C2. The van der Waals surface area contributed by atoms with Crippen molar-refractivity contribution >= 4 is 0 Å². The Morgan fingerprint density at radius 3 is 2.45 bits per heavy atom. The number of unbranched alkanes of at least 4 members (excludes halogenated alkanes) is 1. The normalized spacial score (nSPS) is 31.0. The second-order valence-electron chi connectivity index (χ2n) is 7.48. The lowest BCUT2D eigenvalue weighted by Crippen LogP contribution is -2.54. The zero-order valence-corrected chi connectivity index (χ0v) is 13.5. The van der Waals surface area contributed by atoms with E-state index in [0.29, 0.717) is 0 Å². The standard InChI is InChI=1S/C17H31N3/c1-17(2,13-18)9-4-5-10-19-14-11-15-7-6-8-16(12-14)20(15)3/h14-16,19H,4-12H2,1-3H3. The van der Waals surface area contributed by atoms with Gasteiger partial charge in [-0.05, 0) is 66.0 Å². The topological polar surface area (TPSA) is 39.1 Å². The molecule has 2 unspecified atom stereocenters. The van der Waals surface area contributed by atoms with E-state index < -0.39 is 0 Å². The molecule has 0 radical (unpaired) electrons. The predicted octanol–water partition coefficient (Wildman–Crippen LogP) is 3.31. The fourth-order valence-corrected chi connectivity index (χ4v) is 3.84. The quantitative estimate of drug-likeness (QED) is 0.757. The van der Waals surface area contributed by atoms with Crippen LogP contribution in [0.1, 0.15) is 65.2 Å². The predicted molar refractivity (Wildman–Crippen MR) is 83.5 cm³/mol. The van der Waals surface area contributed by atoms with Crippen LogP contribution < -0.4 is 5.32 Å². The van der Waals surface area contributed by atoms with Crippen molar-refractivity contribution in [3.05, 3.63) is 0 Å². The van der Waals surface area contributed by atoms with Crippen molar-refractivity contribution in [2.75, 3.05) is 13.6 Å². The maximum Gasteiger partial charge on any atom is 0.0683 e. The van der Waals surface area contributed by atoms with Crippen molar-refractivity contribution in [1.29, 1.82) is 5.26 Å². The minimum absolute atomic E-state index is 0.148. The minimum atomic E-state index is -0.148. The van der Waals surface area contributed by atoms with Crippen LogP contribution in [0.2, 0.25) is 0 Å². The van der Waals surface area contributed by atoms with Gasteiger partial charge in [-0.3, -0.25) is 0 Å². The molecule has 2 fully saturated rings. The molecule has 0 amide bonds. The van der Waals surface area contributed by atoms with Gasteiger partial charge in [0.15, 0.2) is 0 Å². The number of nitrogens with one attached hydrogen (secondary N) is 1. The second-order valence-corrected chi connectivity index (χ2v) is 7.48. The van der Waals surface area contributed by atoms with E-state index in [-0.39, 0.29) is 5.41 Å². The summed E-state index contributed by atoms with van der Waals surface area (Å²) in [7, 11) is 2.31. The van der Waals surface area contributed by atoms with Crippen molar-refractivity contribution < 1.29 is 0 Å². The highest BCUT2D eigenvalue weighted by atomic mass is 15.2. The number of nitrogens with zero attached hydrogens (tertiary/aromatic N) is 2. The molecule has 2 heterocycles. The number of hydrogen-bond acceptors (Lipinski definition) is 3. The van der Waals surface area contributed by atoms with E-state index >= 15 is 0 Å². The Kier molecular flexibility index (Phi) is 5.46. The van der Waals surface area contributed by atoms with E-state index in [1.807, 2.05) is 13.8 Å². The van der Waals surface area contributed by atoms with E-state index in [1.54, 1.807) is 0 Å². The Bertz CT molecular complexity index is 331. The van der Waals surface area contributed by atoms with Gasteiger partial charge in [-0.15, -0.1) is 0 Å². The average molecular weight is 277 g/mol. The van der Waals surface area contributed by atoms with Gasteiger partial charge in [0.1, 0.15) is 0 Å². The molecule has 20 heavy (non-hydrogen) atoms. The third-order valence-corrected chi connectivity index (χ3v) is 5.30. The Labute approximate surface area is 124 Å². The van der Waals surface area contributed by atoms with Gasteiger partial charge >= 0.3 is 0 Å². The fraction of sp³-hybridized carbons (Fsp3) is 0.941. The summed E-state index contributed by atoms with van der Waals surface area (Å²) in [6.45, 7) is 5.20. The molecule has 3 heteroatoms. The lowest BCUT2D eigenvalue weighted by Gasteiger charge is -2.47. The summed E-state index contributed by atoms with van der Waals surface area (Å²) in [5.41, 5.74) is -0.148. The molecule has 0 saturated carbocycles. The molecule has 0 aromatic heterocycles. The molecule has 2 aliphatic rings. The monoisotopic (exact) mass is 277 g/mol. The molecule has 0 aromatic carbocycles. The molecule has 0 spiro atoms. The fourth-order valence-electron chi connectivity index (χ4n) is 3.84. The van der Waals surface area contributed by atoms with Crippen LogP contribution in [0, 0.1) is 16.7 Å². The molecule has 2 rings (SSSR count). The van der Waals surface area contributed by atoms with Crippen LogP contribution in [0.4, 0.5) is 0 Å². The highest BCUT2D eigenvalue weighted by molar-refractivity contribution is 4.94. The third-order valence-electron chi connectivity index (χ3n) is 5.30. The highest BCUT2D eigenvalue weighted by Gasteiger charge is 2.35. The van der Waals surface area contributed by atoms with Crippen molar-refractivity contribution in [1.82, 2.24) is 10.2 Å². The zero-order valence-electron chi connectivity index (χ0n) is 13.5. The number of fused-ring (bicyclic) bond motifs is 2. The van der Waals surface area contributed by atoms with Crippen LogP contribution in [-0.2, 0) is 0 Å². The molecule has 0 aliphatic carbocycles. The summed E-state index contributed by atoms with van der Waals surface area (Å²) < 4.78 is 0. The van der Waals surface area contributed by atoms with Crippen LogP contribution in [0.5, 0.6) is 0 Å². The van der Waals surface area contributed by atoms with Gasteiger partial charge in [0, 0.05) is 18.1 Å². The number of rotatable bonds is 6. The first-order valence-electron chi connectivity index (χ1n) is 8.38. The Morgan fingerprint density at radius 1 is 1.20 bits per heavy atom. The van der Waals surface area contributed by atoms with Crippen LogP contribution in [0.3, 0.4) is 0 Å². The summed E-state index contributed by atoms with van der Waals surface area (Å²) in [4.78, 5) is 2.62. The lowest BCUT2D eigenvalue weighted by molar-refractivity contribution is 0.0486. The molecule has 2 atom stereocenters. The van der Waals surface area contributed by atoms with Crippen LogP contribution in [0.25, 0.3) is 0 Å². The second kappa shape index (κ2) is 6.91. The summed E-state index contributed by atoms with van der Waals surface area (Å²) in [5.74, 6) is 0. The van der Waals surface area contributed by atoms with Gasteiger partial charge in [0.25, 0.3) is 0 Å². The molecule has 114 valence electrons. The van der Waals surface area contributed by atoms with Gasteiger partial charge in [-0.1, -0.05) is 12.8 Å². The van der Waals surface area contributed by atoms with E-state index in [2.05, 4.69) is 23.3 Å². The van der Waals surface area contributed by atoms with Crippen LogP contribution in [-0.4, -0.2) is 36.6 Å². The minimum Gasteiger partial charge on any atom is -0.314 e. The molecule has 2 bridgehead atoms. The first-order valence-corrected chi connectivity index (χ1v) is 8.38. The van der Waals surface area contributed by atoms with E-state index in [4.69, 9.17) is 5.26 Å². The molecule has 2 aliphatic heterocycles. The Hall–Kier alpha value is -0.590. The summed E-state index contributed by atoms with van der Waals surface area (Å²) in [6, 6.07) is 4.75. The van der Waals surface area contributed by atoms with E-state index in [9.17, 15) is 0 Å². The first kappa shape index (κ1) is 15.8. The number of piperidine rings is 2. The smallest absolute Gasteiger partial charge is 0.0683 e. The van der Waals surface area contributed by atoms with Gasteiger partial charge in [0.2, 0.25) is 0 Å². The van der Waals surface area contributed by atoms with Crippen LogP contribution in [0.15, 0.2) is 0 Å². The number of nitriles is 1. The molecular formula is C17H31N3. The summed E-state index contributed by atoms with van der Waals surface area (Å²) in [6.07, 6.45) is 10.2.